The normalized spacial score (nSPS) is 23.1. The van der Waals surface area contributed by atoms with Crippen LogP contribution in [0.3, 0.4) is 0 Å². The fourth-order valence-electron chi connectivity index (χ4n) is 2.44. The van der Waals surface area contributed by atoms with Gasteiger partial charge in [-0.25, -0.2) is 0 Å². The van der Waals surface area contributed by atoms with E-state index in [0.29, 0.717) is 17.9 Å². The minimum atomic E-state index is -4.35. The van der Waals surface area contributed by atoms with Gasteiger partial charge in [-0.05, 0) is 36.6 Å². The number of halogens is 4. The number of hydrogen-bond donors (Lipinski definition) is 1. The van der Waals surface area contributed by atoms with Crippen molar-refractivity contribution in [2.75, 3.05) is 11.9 Å². The number of rotatable bonds is 4. The van der Waals surface area contributed by atoms with Gasteiger partial charge in [-0.15, -0.1) is 11.6 Å². The molecule has 1 aliphatic rings. The fraction of sp³-hybridized carbons (Fsp3) is 0.571. The molecule has 0 saturated carbocycles. The van der Waals surface area contributed by atoms with Crippen molar-refractivity contribution in [3.05, 3.63) is 29.3 Å². The minimum Gasteiger partial charge on any atom is -0.379 e. The summed E-state index contributed by atoms with van der Waals surface area (Å²) in [4.78, 5) is 0. The highest BCUT2D eigenvalue weighted by atomic mass is 35.5. The molecule has 1 fully saturated rings. The zero-order chi connectivity index (χ0) is 14.8. The molecule has 1 saturated heterocycles. The van der Waals surface area contributed by atoms with Gasteiger partial charge in [0.25, 0.3) is 0 Å². The first kappa shape index (κ1) is 15.4. The molecule has 0 aromatic heterocycles. The van der Waals surface area contributed by atoms with Gasteiger partial charge in [-0.2, -0.15) is 13.2 Å². The Morgan fingerprint density at radius 3 is 2.75 bits per heavy atom. The van der Waals surface area contributed by atoms with Crippen LogP contribution in [0.5, 0.6) is 0 Å². The number of nitrogens with one attached hydrogen (secondary N) is 1. The average Bonchev–Trinajstić information content (AvgIpc) is 2.85. The van der Waals surface area contributed by atoms with Crippen LogP contribution in [0.1, 0.15) is 30.9 Å². The largest absolute Gasteiger partial charge is 0.416 e. The fourth-order valence-corrected chi connectivity index (χ4v) is 2.66. The summed E-state index contributed by atoms with van der Waals surface area (Å²) in [5, 5.41) is 3.26. The molecule has 1 unspecified atom stereocenters. The smallest absolute Gasteiger partial charge is 0.379 e. The molecule has 1 N–H and O–H groups in total. The first-order valence-electron chi connectivity index (χ1n) is 6.60. The Kier molecular flexibility index (Phi) is 4.81. The second-order valence-electron chi connectivity index (χ2n) is 4.86. The monoisotopic (exact) mass is 307 g/mol. The van der Waals surface area contributed by atoms with Crippen LogP contribution in [0.4, 0.5) is 18.9 Å². The minimum absolute atomic E-state index is 0.0383. The molecule has 1 aliphatic heterocycles. The van der Waals surface area contributed by atoms with Crippen molar-refractivity contribution >= 4 is 17.3 Å². The molecule has 112 valence electrons. The van der Waals surface area contributed by atoms with Gasteiger partial charge in [0.05, 0.1) is 17.7 Å². The summed E-state index contributed by atoms with van der Waals surface area (Å²) in [5.41, 5.74) is 0.443. The zero-order valence-electron chi connectivity index (χ0n) is 11.1. The standard InChI is InChI=1S/C14H17ClF3NO/c1-2-13-12(5-6-20-13)19-11-4-3-10(14(16,17)18)7-9(11)8-15/h3-4,7,12-13,19H,2,5-6,8H2,1H3/t12?,13-/m1/s1. The molecule has 0 aliphatic carbocycles. The van der Waals surface area contributed by atoms with E-state index >= 15 is 0 Å². The van der Waals surface area contributed by atoms with Crippen LogP contribution in [-0.4, -0.2) is 18.8 Å². The molecule has 1 aromatic rings. The Balaban J connectivity index is 2.19. The van der Waals surface area contributed by atoms with E-state index in [1.165, 1.54) is 6.07 Å². The number of alkyl halides is 4. The summed E-state index contributed by atoms with van der Waals surface area (Å²) in [7, 11) is 0. The Labute approximate surface area is 121 Å². The molecule has 6 heteroatoms. The van der Waals surface area contributed by atoms with Crippen LogP contribution >= 0.6 is 11.6 Å². The maximum Gasteiger partial charge on any atom is 0.416 e. The van der Waals surface area contributed by atoms with Crippen LogP contribution in [0.15, 0.2) is 18.2 Å². The molecule has 2 rings (SSSR count). The lowest BCUT2D eigenvalue weighted by Crippen LogP contribution is -2.29. The number of hydrogen-bond acceptors (Lipinski definition) is 2. The molecular weight excluding hydrogens is 291 g/mol. The van der Waals surface area contributed by atoms with Crippen molar-refractivity contribution < 1.29 is 17.9 Å². The van der Waals surface area contributed by atoms with Crippen molar-refractivity contribution in [2.45, 2.75) is 44.0 Å². The molecule has 2 atom stereocenters. The molecule has 0 amide bonds. The highest BCUT2D eigenvalue weighted by Gasteiger charge is 2.32. The summed E-state index contributed by atoms with van der Waals surface area (Å²) < 4.78 is 43.6. The topological polar surface area (TPSA) is 21.3 Å². The Morgan fingerprint density at radius 1 is 1.40 bits per heavy atom. The van der Waals surface area contributed by atoms with Gasteiger partial charge in [0.1, 0.15) is 0 Å². The SMILES string of the molecule is CC[C@H]1OCCC1Nc1ccc(C(F)(F)F)cc1CCl. The molecule has 2 nitrogen and oxygen atoms in total. The lowest BCUT2D eigenvalue weighted by molar-refractivity contribution is -0.137. The molecule has 0 bridgehead atoms. The van der Waals surface area contributed by atoms with Crippen LogP contribution in [0.2, 0.25) is 0 Å². The van der Waals surface area contributed by atoms with E-state index in [2.05, 4.69) is 5.32 Å². The molecule has 20 heavy (non-hydrogen) atoms. The van der Waals surface area contributed by atoms with Crippen molar-refractivity contribution in [1.82, 2.24) is 0 Å². The Hall–Kier alpha value is -0.940. The molecule has 0 radical (unpaired) electrons. The van der Waals surface area contributed by atoms with Crippen molar-refractivity contribution in [3.63, 3.8) is 0 Å². The van der Waals surface area contributed by atoms with E-state index in [1.807, 2.05) is 6.92 Å². The van der Waals surface area contributed by atoms with Crippen molar-refractivity contribution in [2.24, 2.45) is 0 Å². The van der Waals surface area contributed by atoms with Crippen LogP contribution in [0, 0.1) is 0 Å². The summed E-state index contributed by atoms with van der Waals surface area (Å²) in [5.74, 6) is 0.0383. The van der Waals surface area contributed by atoms with E-state index in [-0.39, 0.29) is 18.0 Å². The summed E-state index contributed by atoms with van der Waals surface area (Å²) in [6, 6.07) is 3.76. The predicted octanol–water partition coefficient (Wildman–Crippen LogP) is 4.42. The zero-order valence-corrected chi connectivity index (χ0v) is 11.9. The van der Waals surface area contributed by atoms with E-state index in [0.717, 1.165) is 25.0 Å². The number of anilines is 1. The van der Waals surface area contributed by atoms with Crippen LogP contribution in [0.25, 0.3) is 0 Å². The third-order valence-electron chi connectivity index (χ3n) is 3.53. The second kappa shape index (κ2) is 6.22. The predicted molar refractivity (Wildman–Crippen MR) is 73.1 cm³/mol. The molecular formula is C14H17ClF3NO. The van der Waals surface area contributed by atoms with Gasteiger partial charge in [-0.3, -0.25) is 0 Å². The van der Waals surface area contributed by atoms with E-state index in [9.17, 15) is 13.2 Å². The van der Waals surface area contributed by atoms with Crippen LogP contribution < -0.4 is 5.32 Å². The van der Waals surface area contributed by atoms with Gasteiger partial charge in [-0.1, -0.05) is 6.92 Å². The average molecular weight is 308 g/mol. The maximum absolute atomic E-state index is 12.7. The van der Waals surface area contributed by atoms with Crippen molar-refractivity contribution in [1.29, 1.82) is 0 Å². The lowest BCUT2D eigenvalue weighted by atomic mass is 10.1. The van der Waals surface area contributed by atoms with Gasteiger partial charge in [0, 0.05) is 18.2 Å². The molecule has 1 heterocycles. The first-order chi connectivity index (χ1) is 9.45. The van der Waals surface area contributed by atoms with Gasteiger partial charge >= 0.3 is 6.18 Å². The van der Waals surface area contributed by atoms with Crippen molar-refractivity contribution in [3.8, 4) is 0 Å². The Morgan fingerprint density at radius 2 is 2.15 bits per heavy atom. The Bertz CT molecular complexity index is 464. The first-order valence-corrected chi connectivity index (χ1v) is 7.13. The number of ether oxygens (including phenoxy) is 1. The van der Waals surface area contributed by atoms with Gasteiger partial charge < -0.3 is 10.1 Å². The van der Waals surface area contributed by atoms with Crippen LogP contribution in [-0.2, 0) is 16.8 Å². The third kappa shape index (κ3) is 3.38. The quantitative estimate of drug-likeness (QED) is 0.831. The summed E-state index contributed by atoms with van der Waals surface area (Å²) >= 11 is 5.77. The summed E-state index contributed by atoms with van der Waals surface area (Å²) in [6.45, 7) is 2.70. The molecule has 1 aromatic carbocycles. The lowest BCUT2D eigenvalue weighted by Gasteiger charge is -2.22. The summed E-state index contributed by atoms with van der Waals surface area (Å²) in [6.07, 6.45) is -2.53. The maximum atomic E-state index is 12.7. The van der Waals surface area contributed by atoms with Gasteiger partial charge in [0.2, 0.25) is 0 Å². The molecule has 0 spiro atoms. The van der Waals surface area contributed by atoms with Gasteiger partial charge in [0.15, 0.2) is 0 Å². The highest BCUT2D eigenvalue weighted by Crippen LogP contribution is 2.33. The highest BCUT2D eigenvalue weighted by molar-refractivity contribution is 6.17. The van der Waals surface area contributed by atoms with E-state index in [4.69, 9.17) is 16.3 Å². The third-order valence-corrected chi connectivity index (χ3v) is 3.82. The van der Waals surface area contributed by atoms with E-state index < -0.39 is 11.7 Å². The van der Waals surface area contributed by atoms with E-state index in [1.54, 1.807) is 0 Å². The number of benzene rings is 1. The second-order valence-corrected chi connectivity index (χ2v) is 5.13.